The second-order valence-corrected chi connectivity index (χ2v) is 6.21. The summed E-state index contributed by atoms with van der Waals surface area (Å²) in [6.07, 6.45) is 2.83. The topological polar surface area (TPSA) is 52.6 Å². The van der Waals surface area contributed by atoms with Gasteiger partial charge in [0, 0.05) is 16.7 Å². The van der Waals surface area contributed by atoms with Crippen LogP contribution in [0.4, 0.5) is 0 Å². The highest BCUT2D eigenvalue weighted by Gasteiger charge is 2.32. The molecule has 0 N–H and O–H groups in total. The number of hydrogen-bond acceptors (Lipinski definition) is 5. The van der Waals surface area contributed by atoms with Crippen LogP contribution in [0, 0.1) is 5.92 Å². The van der Waals surface area contributed by atoms with Crippen LogP contribution >= 0.6 is 11.3 Å². The van der Waals surface area contributed by atoms with Crippen LogP contribution in [-0.4, -0.2) is 24.6 Å². The molecule has 1 saturated heterocycles. The Morgan fingerprint density at radius 3 is 3.05 bits per heavy atom. The molecule has 2 aliphatic rings. The summed E-state index contributed by atoms with van der Waals surface area (Å²) in [4.78, 5) is 24.7. The van der Waals surface area contributed by atoms with E-state index in [2.05, 4.69) is 6.92 Å². The van der Waals surface area contributed by atoms with Gasteiger partial charge < -0.3 is 9.47 Å². The van der Waals surface area contributed by atoms with Gasteiger partial charge in [-0.15, -0.1) is 11.3 Å². The number of carbonyl (C=O) groups is 2. The largest absolute Gasteiger partial charge is 0.463 e. The SMILES string of the molecule is C[C@@H]1CCc2c(C(=O)O[C@H]3CCOC3=O)csc2C1. The third-order valence-electron chi connectivity index (χ3n) is 3.76. The van der Waals surface area contributed by atoms with Crippen molar-refractivity contribution in [3.63, 3.8) is 0 Å². The molecule has 2 atom stereocenters. The van der Waals surface area contributed by atoms with Crippen LogP contribution in [0.5, 0.6) is 0 Å². The minimum Gasteiger partial charge on any atom is -0.463 e. The first-order valence-electron chi connectivity index (χ1n) is 6.62. The van der Waals surface area contributed by atoms with E-state index < -0.39 is 12.1 Å². The van der Waals surface area contributed by atoms with Crippen molar-refractivity contribution < 1.29 is 19.1 Å². The van der Waals surface area contributed by atoms with Gasteiger partial charge in [-0.25, -0.2) is 9.59 Å². The van der Waals surface area contributed by atoms with Gasteiger partial charge in [0.05, 0.1) is 12.2 Å². The Hall–Kier alpha value is -1.36. The Morgan fingerprint density at radius 2 is 2.32 bits per heavy atom. The van der Waals surface area contributed by atoms with Crippen molar-refractivity contribution in [3.8, 4) is 0 Å². The lowest BCUT2D eigenvalue weighted by atomic mass is 9.88. The summed E-state index contributed by atoms with van der Waals surface area (Å²) in [5.41, 5.74) is 1.77. The summed E-state index contributed by atoms with van der Waals surface area (Å²) >= 11 is 1.63. The van der Waals surface area contributed by atoms with E-state index in [-0.39, 0.29) is 5.97 Å². The van der Waals surface area contributed by atoms with E-state index in [4.69, 9.17) is 9.47 Å². The molecule has 1 aliphatic carbocycles. The lowest BCUT2D eigenvalue weighted by molar-refractivity contribution is -0.145. The van der Waals surface area contributed by atoms with Crippen molar-refractivity contribution in [1.82, 2.24) is 0 Å². The van der Waals surface area contributed by atoms with Gasteiger partial charge in [-0.1, -0.05) is 6.92 Å². The third-order valence-corrected chi connectivity index (χ3v) is 4.81. The minimum atomic E-state index is -0.717. The predicted octanol–water partition coefficient (Wildman–Crippen LogP) is 2.35. The first-order chi connectivity index (χ1) is 9.15. The second-order valence-electron chi connectivity index (χ2n) is 5.25. The smallest absolute Gasteiger partial charge is 0.347 e. The van der Waals surface area contributed by atoms with Gasteiger partial charge in [-0.05, 0) is 30.7 Å². The molecule has 0 spiro atoms. The molecule has 0 aromatic carbocycles. The number of carbonyl (C=O) groups excluding carboxylic acids is 2. The average molecular weight is 280 g/mol. The number of ether oxygens (including phenoxy) is 2. The molecule has 3 rings (SSSR count). The van der Waals surface area contributed by atoms with Crippen LogP contribution in [-0.2, 0) is 27.1 Å². The minimum absolute atomic E-state index is 0.343. The Labute approximate surface area is 115 Å². The zero-order valence-electron chi connectivity index (χ0n) is 10.8. The van der Waals surface area contributed by atoms with Crippen LogP contribution in [0.3, 0.4) is 0 Å². The highest BCUT2D eigenvalue weighted by Crippen LogP contribution is 2.33. The van der Waals surface area contributed by atoms with Gasteiger partial charge in [-0.2, -0.15) is 0 Å². The van der Waals surface area contributed by atoms with Crippen molar-refractivity contribution in [3.05, 3.63) is 21.4 Å². The molecule has 102 valence electrons. The Kier molecular flexibility index (Phi) is 3.31. The standard InChI is InChI=1S/C14H16O4S/c1-8-2-3-9-10(7-19-12(9)6-8)13(15)18-11-4-5-17-14(11)16/h7-8,11H,2-6H2,1H3/t8-,11+/m1/s1. The highest BCUT2D eigenvalue weighted by molar-refractivity contribution is 7.10. The van der Waals surface area contributed by atoms with E-state index in [1.165, 1.54) is 4.88 Å². The summed E-state index contributed by atoms with van der Waals surface area (Å²) in [5, 5.41) is 1.87. The number of esters is 2. The van der Waals surface area contributed by atoms with Crippen molar-refractivity contribution in [2.75, 3.05) is 6.61 Å². The molecule has 0 unspecified atom stereocenters. The fourth-order valence-corrected chi connectivity index (χ4v) is 3.86. The predicted molar refractivity (Wildman–Crippen MR) is 70.3 cm³/mol. The third kappa shape index (κ3) is 2.39. The normalized spacial score (nSPS) is 25.8. The lowest BCUT2D eigenvalue weighted by Crippen LogP contribution is -2.23. The van der Waals surface area contributed by atoms with Gasteiger partial charge in [0.15, 0.2) is 0 Å². The molecule has 1 aromatic heterocycles. The molecule has 0 bridgehead atoms. The molecule has 0 radical (unpaired) electrons. The second kappa shape index (κ2) is 4.96. The van der Waals surface area contributed by atoms with Crippen LogP contribution in [0.1, 0.15) is 40.6 Å². The molecule has 4 nitrogen and oxygen atoms in total. The highest BCUT2D eigenvalue weighted by atomic mass is 32.1. The van der Waals surface area contributed by atoms with Crippen LogP contribution in [0.25, 0.3) is 0 Å². The molecule has 0 saturated carbocycles. The molecule has 1 fully saturated rings. The van der Waals surface area contributed by atoms with Gasteiger partial charge >= 0.3 is 11.9 Å². The van der Waals surface area contributed by atoms with E-state index in [1.807, 2.05) is 5.38 Å². The van der Waals surface area contributed by atoms with Crippen molar-refractivity contribution in [2.45, 2.75) is 38.7 Å². The monoisotopic (exact) mass is 280 g/mol. The zero-order chi connectivity index (χ0) is 13.4. The first kappa shape index (κ1) is 12.7. The molecular weight excluding hydrogens is 264 g/mol. The fourth-order valence-electron chi connectivity index (χ4n) is 2.63. The Bertz CT molecular complexity index is 520. The van der Waals surface area contributed by atoms with Crippen LogP contribution in [0.2, 0.25) is 0 Å². The summed E-state index contributed by atoms with van der Waals surface area (Å²) in [5.74, 6) is -0.123. The molecule has 19 heavy (non-hydrogen) atoms. The quantitative estimate of drug-likeness (QED) is 0.780. The van der Waals surface area contributed by atoms with E-state index in [1.54, 1.807) is 11.3 Å². The lowest BCUT2D eigenvalue weighted by Gasteiger charge is -2.18. The molecule has 1 aromatic rings. The zero-order valence-corrected chi connectivity index (χ0v) is 11.6. The number of cyclic esters (lactones) is 1. The van der Waals surface area contributed by atoms with E-state index in [9.17, 15) is 9.59 Å². The van der Waals surface area contributed by atoms with E-state index in [0.717, 1.165) is 24.8 Å². The summed E-state index contributed by atoms with van der Waals surface area (Å²) in [6, 6.07) is 0. The van der Waals surface area contributed by atoms with Gasteiger partial charge in [-0.3, -0.25) is 0 Å². The van der Waals surface area contributed by atoms with Crippen LogP contribution in [0.15, 0.2) is 5.38 Å². The Balaban J connectivity index is 1.75. The van der Waals surface area contributed by atoms with Crippen molar-refractivity contribution in [1.29, 1.82) is 0 Å². The molecule has 2 heterocycles. The first-order valence-corrected chi connectivity index (χ1v) is 7.50. The average Bonchev–Trinajstić information content (AvgIpc) is 2.96. The van der Waals surface area contributed by atoms with Gasteiger partial charge in [0.25, 0.3) is 0 Å². The number of fused-ring (bicyclic) bond motifs is 1. The number of rotatable bonds is 2. The van der Waals surface area contributed by atoms with E-state index in [0.29, 0.717) is 24.5 Å². The number of hydrogen-bond donors (Lipinski definition) is 0. The van der Waals surface area contributed by atoms with Crippen molar-refractivity contribution in [2.24, 2.45) is 5.92 Å². The Morgan fingerprint density at radius 1 is 1.47 bits per heavy atom. The van der Waals surface area contributed by atoms with Gasteiger partial charge in [0.2, 0.25) is 6.10 Å². The number of thiophene rings is 1. The molecular formula is C14H16O4S. The van der Waals surface area contributed by atoms with Gasteiger partial charge in [0.1, 0.15) is 0 Å². The van der Waals surface area contributed by atoms with E-state index >= 15 is 0 Å². The summed E-state index contributed by atoms with van der Waals surface area (Å²) in [6.45, 7) is 2.57. The summed E-state index contributed by atoms with van der Waals surface area (Å²) < 4.78 is 10.1. The summed E-state index contributed by atoms with van der Waals surface area (Å²) in [7, 11) is 0. The molecule has 0 amide bonds. The molecule has 1 aliphatic heterocycles. The fraction of sp³-hybridized carbons (Fsp3) is 0.571. The maximum atomic E-state index is 12.1. The maximum absolute atomic E-state index is 12.1. The van der Waals surface area contributed by atoms with Crippen LogP contribution < -0.4 is 0 Å². The van der Waals surface area contributed by atoms with Crippen molar-refractivity contribution >= 4 is 23.3 Å². The maximum Gasteiger partial charge on any atom is 0.347 e. The molecule has 5 heteroatoms.